The highest BCUT2D eigenvalue weighted by molar-refractivity contribution is 5.74. The van der Waals surface area contributed by atoms with E-state index in [-0.39, 0.29) is 0 Å². The molecule has 54 heteroatoms. The second-order valence-electron chi connectivity index (χ2n) is 30.6. The minimum absolute atomic E-state index is 0.813. The molecule has 10 rings (SSSR count). The number of hydrogen-bond donors (Lipinski definition) is 31. The van der Waals surface area contributed by atoms with E-state index in [1.54, 1.807) is 0 Å². The number of aliphatic hydroxyl groups is 27. The van der Waals surface area contributed by atoms with Crippen molar-refractivity contribution in [3.63, 3.8) is 0 Å². The molecule has 0 spiro atoms. The molecule has 4 amide bonds. The van der Waals surface area contributed by atoms with Gasteiger partial charge in [-0.25, -0.2) is 0 Å². The Balaban J connectivity index is 1.02. The van der Waals surface area contributed by atoms with Crippen LogP contribution >= 0.6 is 0 Å². The molecule has 10 aliphatic heterocycles. The molecule has 10 aliphatic rings. The van der Waals surface area contributed by atoms with Gasteiger partial charge in [0.1, 0.15) is 238 Å². The number of ether oxygens (including phenoxy) is 19. The number of amides is 4. The monoisotopic (exact) mass is 1770 g/mol. The third-order valence-corrected chi connectivity index (χ3v) is 22.1. The number of aliphatic hydroxyl groups excluding tert-OH is 27. The van der Waals surface area contributed by atoms with Crippen molar-refractivity contribution in [1.29, 1.82) is 0 Å². The number of rotatable bonds is 31. The number of hydrogen-bond acceptors (Lipinski definition) is 50. The molecular weight excluding hydrogens is 1660 g/mol. The summed E-state index contributed by atoms with van der Waals surface area (Å²) in [7, 11) is 0. The minimum Gasteiger partial charge on any atom is -0.394 e. The lowest BCUT2D eigenvalue weighted by Crippen LogP contribution is -2.71. The molecule has 0 unspecified atom stereocenters. The molecule has 54 nitrogen and oxygen atoms in total. The van der Waals surface area contributed by atoms with Crippen LogP contribution in [0.15, 0.2) is 0 Å². The van der Waals surface area contributed by atoms with Gasteiger partial charge in [-0.2, -0.15) is 0 Å². The van der Waals surface area contributed by atoms with E-state index in [0.29, 0.717) is 0 Å². The molecule has 10 heterocycles. The van der Waals surface area contributed by atoms with Crippen molar-refractivity contribution >= 4 is 23.6 Å². The molecule has 0 aliphatic carbocycles. The lowest BCUT2D eigenvalue weighted by Gasteiger charge is -2.52. The van der Waals surface area contributed by atoms with Gasteiger partial charge < -0.3 is 249 Å². The van der Waals surface area contributed by atoms with Crippen molar-refractivity contribution in [2.24, 2.45) is 0 Å². The Morgan fingerprint density at radius 2 is 0.545 bits per heavy atom. The summed E-state index contributed by atoms with van der Waals surface area (Å²) >= 11 is 0. The Hall–Kier alpha value is -3.96. The van der Waals surface area contributed by atoms with Crippen LogP contribution in [-0.4, -0.2) is 528 Å². The average molecular weight is 1770 g/mol. The van der Waals surface area contributed by atoms with E-state index < -0.39 is 390 Å². The molecule has 0 saturated carbocycles. The van der Waals surface area contributed by atoms with Gasteiger partial charge in [0.05, 0.1) is 66.1 Å². The average Bonchev–Trinajstić information content (AvgIpc) is 0.748. The summed E-state index contributed by atoms with van der Waals surface area (Å²) in [5, 5.41) is 310. The molecule has 0 aromatic carbocycles. The molecule has 0 aromatic rings. The Bertz CT molecular complexity index is 3250. The lowest BCUT2D eigenvalue weighted by molar-refractivity contribution is -0.411. The molecular formula is C67H112N4O50. The van der Waals surface area contributed by atoms with Gasteiger partial charge in [-0.1, -0.05) is 0 Å². The minimum atomic E-state index is -2.57. The topological polar surface area (TPSA) is 838 Å². The Morgan fingerprint density at radius 3 is 1.04 bits per heavy atom. The van der Waals surface area contributed by atoms with Gasteiger partial charge in [0.15, 0.2) is 62.9 Å². The highest BCUT2D eigenvalue weighted by atomic mass is 16.8. The molecule has 700 valence electrons. The van der Waals surface area contributed by atoms with Crippen molar-refractivity contribution in [2.75, 3.05) is 66.1 Å². The zero-order valence-electron chi connectivity index (χ0n) is 64.8. The lowest BCUT2D eigenvalue weighted by atomic mass is 9.93. The summed E-state index contributed by atoms with van der Waals surface area (Å²) < 4.78 is 114. The highest BCUT2D eigenvalue weighted by Crippen LogP contribution is 2.41. The summed E-state index contributed by atoms with van der Waals surface area (Å²) in [5.74, 6) is -3.68. The number of carbonyl (C=O) groups is 4. The van der Waals surface area contributed by atoms with Gasteiger partial charge >= 0.3 is 0 Å². The van der Waals surface area contributed by atoms with Gasteiger partial charge in [-0.05, 0) is 0 Å². The van der Waals surface area contributed by atoms with Crippen LogP contribution in [0.5, 0.6) is 0 Å². The Morgan fingerprint density at radius 1 is 0.248 bits per heavy atom. The first-order valence-corrected chi connectivity index (χ1v) is 38.5. The first-order valence-electron chi connectivity index (χ1n) is 38.5. The van der Waals surface area contributed by atoms with Crippen LogP contribution < -0.4 is 21.3 Å². The first kappa shape index (κ1) is 99.2. The van der Waals surface area contributed by atoms with Crippen LogP contribution in [0.2, 0.25) is 0 Å². The largest absolute Gasteiger partial charge is 0.394 e. The molecule has 31 N–H and O–H groups in total. The molecule has 121 heavy (non-hydrogen) atoms. The molecule has 10 fully saturated rings. The number of carbonyl (C=O) groups excluding carboxylic acids is 4. The molecule has 10 saturated heterocycles. The Labute approximate surface area is 684 Å². The maximum Gasteiger partial charge on any atom is 0.217 e. The fourth-order valence-corrected chi connectivity index (χ4v) is 15.5. The predicted octanol–water partition coefficient (Wildman–Crippen LogP) is -21.6. The van der Waals surface area contributed by atoms with Gasteiger partial charge in [0, 0.05) is 27.7 Å². The standard InChI is InChI=1S/C67H112N4O50/c1-15(79)68-29-41(92)51(25(10-77)106-58(29)102)115-60-30(69-16(2)80)42(93)52(26(11-78)112-60)116-67-57(121-63-47(98)33(84)19(83)12-103-63)55(119-66-56(46(97)36(87)22(7-74)111-66)120-61-32(71-18(4)82)54(39(90)24(9-76)108-61)118-65-50(101)44(95)35(86)21(6-73)110-65)40(91)28(114-67)14-105-62-48(99)45(96)37(88)27(113-62)13-104-59-31(70-17(3)81)53(38(89)23(8-75)107-59)117-64-49(100)43(94)34(85)20(5-72)109-64/h19-67,72-78,83-102H,5-14H2,1-4H3,(H,68,79)(H,69,80)(H,70,81)(H,71,82)/t19-,20-,21-,22-,23-,24-,25-,26-,27-,28-,29-,30-,31-,32-,33+,34+,35+,36-,37-,38-,39-,40-,41-,42-,43+,44+,45+,46+,47-,48+,49-,50-,51-,52-,53-,54-,55+,56+,57+,58-,59-,60+,61+,62+,63+,64+,65+,66-,67+/m1/s1. The van der Waals surface area contributed by atoms with Gasteiger partial charge in [-0.15, -0.1) is 0 Å². The van der Waals surface area contributed by atoms with Crippen LogP contribution in [0.1, 0.15) is 27.7 Å². The van der Waals surface area contributed by atoms with E-state index in [4.69, 9.17) is 90.0 Å². The van der Waals surface area contributed by atoms with Crippen molar-refractivity contribution in [1.82, 2.24) is 21.3 Å². The van der Waals surface area contributed by atoms with Crippen molar-refractivity contribution in [3.8, 4) is 0 Å². The Kier molecular flexibility index (Phi) is 35.6. The fraction of sp³-hybridized carbons (Fsp3) is 0.940. The van der Waals surface area contributed by atoms with Crippen molar-refractivity contribution in [3.05, 3.63) is 0 Å². The van der Waals surface area contributed by atoms with E-state index in [1.165, 1.54) is 0 Å². The second-order valence-corrected chi connectivity index (χ2v) is 30.6. The molecule has 0 bridgehead atoms. The van der Waals surface area contributed by atoms with E-state index >= 15 is 0 Å². The van der Waals surface area contributed by atoms with Crippen LogP contribution in [0.4, 0.5) is 0 Å². The van der Waals surface area contributed by atoms with Gasteiger partial charge in [0.25, 0.3) is 0 Å². The zero-order valence-corrected chi connectivity index (χ0v) is 64.8. The summed E-state index contributed by atoms with van der Waals surface area (Å²) in [6.07, 6.45) is -95.9. The third-order valence-electron chi connectivity index (χ3n) is 22.1. The SMILES string of the molecule is CC(=O)N[C@@H]1[C@@H](O)[C@H](O[C@@H]2O[C@H](CO)[C@@H](O[C@@H]3O[C@H](CO[C@H]4O[C@H](CO[C@@H]5O[C@H](CO)[C@@H](O)[C@H](O[C@@H]6O[C@H](CO)[C@H](O)[C@H](O)[C@H]6O)[C@H]5NC(C)=O)[C@@H](O)[C@H](O)[C@@H]4O)[C@@H](O)[C@H](O[C@H]4O[C@H](CO)[C@@H](O)[C@H](O)[C@@H]4O[C@@H]4O[C@H](CO)[C@@H](O)[C@H](O[C@@H]5O[C@H](CO)[C@H](O)[C@H](O)[C@H]5O)[C@H]4NC(C)=O)[C@@H]3O[C@@H]3OC[C@@H](O)[C@H](O)[C@H]3O)[C@H](O)[C@H]2NC(C)=O)[C@@H](CO)O[C@H]1O. The summed E-state index contributed by atoms with van der Waals surface area (Å²) in [6.45, 7) is -7.07. The van der Waals surface area contributed by atoms with Gasteiger partial charge in [0.2, 0.25) is 23.6 Å². The van der Waals surface area contributed by atoms with E-state index in [9.17, 15) is 157 Å². The van der Waals surface area contributed by atoms with E-state index in [1.807, 2.05) is 0 Å². The molecule has 0 aromatic heterocycles. The van der Waals surface area contributed by atoms with Crippen LogP contribution in [0.25, 0.3) is 0 Å². The second kappa shape index (κ2) is 43.4. The predicted molar refractivity (Wildman–Crippen MR) is 370 cm³/mol. The van der Waals surface area contributed by atoms with Crippen molar-refractivity contribution in [2.45, 2.75) is 328 Å². The van der Waals surface area contributed by atoms with Gasteiger partial charge in [-0.3, -0.25) is 19.2 Å². The molecule has 49 atom stereocenters. The summed E-state index contributed by atoms with van der Waals surface area (Å²) in [5.41, 5.74) is 0. The summed E-state index contributed by atoms with van der Waals surface area (Å²) in [4.78, 5) is 51.5. The first-order chi connectivity index (χ1) is 57.3. The molecule has 0 radical (unpaired) electrons. The highest BCUT2D eigenvalue weighted by Gasteiger charge is 2.62. The summed E-state index contributed by atoms with van der Waals surface area (Å²) in [6, 6.07) is -7.45. The zero-order chi connectivity index (χ0) is 88.9. The third kappa shape index (κ3) is 22.1. The van der Waals surface area contributed by atoms with Crippen LogP contribution in [0, 0.1) is 0 Å². The maximum atomic E-state index is 13.2. The van der Waals surface area contributed by atoms with E-state index in [0.717, 1.165) is 27.7 Å². The fourth-order valence-electron chi connectivity index (χ4n) is 15.5. The smallest absolute Gasteiger partial charge is 0.217 e. The normalized spacial score (nSPS) is 49.4. The maximum absolute atomic E-state index is 13.2. The van der Waals surface area contributed by atoms with Crippen LogP contribution in [0.3, 0.4) is 0 Å². The van der Waals surface area contributed by atoms with Crippen LogP contribution in [-0.2, 0) is 109 Å². The quantitative estimate of drug-likeness (QED) is 0.0306. The number of nitrogens with one attached hydrogen (secondary N) is 4. The van der Waals surface area contributed by atoms with E-state index in [2.05, 4.69) is 21.3 Å². The van der Waals surface area contributed by atoms with Crippen molar-refractivity contribution < 1.29 is 247 Å².